The minimum Gasteiger partial charge on any atom is -0.482 e. The third-order valence-electron chi connectivity index (χ3n) is 4.93. The number of ether oxygens (including phenoxy) is 1. The Morgan fingerprint density at radius 3 is 2.86 bits per heavy atom. The molecule has 1 aromatic heterocycles. The smallest absolute Gasteiger partial charge is 0.262 e. The van der Waals surface area contributed by atoms with Gasteiger partial charge in [-0.1, -0.05) is 37.6 Å². The summed E-state index contributed by atoms with van der Waals surface area (Å²) in [7, 11) is 0. The molecule has 0 saturated heterocycles. The van der Waals surface area contributed by atoms with Crippen molar-refractivity contribution in [2.24, 2.45) is 5.92 Å². The van der Waals surface area contributed by atoms with Crippen LogP contribution in [0.2, 0.25) is 5.02 Å². The highest BCUT2D eigenvalue weighted by molar-refractivity contribution is 6.32. The number of fused-ring (bicyclic) bond motifs is 3. The highest BCUT2D eigenvalue weighted by atomic mass is 35.5. The van der Waals surface area contributed by atoms with Gasteiger partial charge in [-0.05, 0) is 36.2 Å². The van der Waals surface area contributed by atoms with E-state index >= 15 is 0 Å². The molecule has 0 aliphatic carbocycles. The summed E-state index contributed by atoms with van der Waals surface area (Å²) in [6.07, 6.45) is 0. The lowest BCUT2D eigenvalue weighted by molar-refractivity contribution is -0.118. The summed E-state index contributed by atoms with van der Waals surface area (Å²) in [6.45, 7) is 8.29. The molecular weight excluding hydrogens is 388 g/mol. The van der Waals surface area contributed by atoms with Gasteiger partial charge in [0.1, 0.15) is 11.6 Å². The normalized spacial score (nSPS) is 14.2. The molecule has 1 aliphatic rings. The van der Waals surface area contributed by atoms with Gasteiger partial charge in [0.05, 0.1) is 22.6 Å². The highest BCUT2D eigenvalue weighted by Gasteiger charge is 2.20. The zero-order chi connectivity index (χ0) is 20.4. The Kier molecular flexibility index (Phi) is 5.74. The van der Waals surface area contributed by atoms with Gasteiger partial charge in [-0.3, -0.25) is 9.69 Å². The Bertz CT molecular complexity index is 1030. The molecule has 0 atom stereocenters. The van der Waals surface area contributed by atoms with Crippen molar-refractivity contribution in [2.45, 2.75) is 26.9 Å². The van der Waals surface area contributed by atoms with E-state index in [0.29, 0.717) is 22.4 Å². The van der Waals surface area contributed by atoms with E-state index in [-0.39, 0.29) is 12.5 Å². The Morgan fingerprint density at radius 2 is 2.07 bits per heavy atom. The predicted molar refractivity (Wildman–Crippen MR) is 115 cm³/mol. The standard InChI is InChI=1S/C22H25ClN4O2/c1-15(2)12-26-9-10-27-19-8-7-16(11-18(19)25-21(27)13-26)24-22(28)14-29-20-6-4-3-5-17(20)23/h3-8,11,15H,9-10,12-14H2,1-2H3,(H,24,28). The molecule has 4 rings (SSSR count). The maximum absolute atomic E-state index is 12.3. The molecule has 152 valence electrons. The summed E-state index contributed by atoms with van der Waals surface area (Å²) in [4.78, 5) is 19.5. The molecule has 2 heterocycles. The number of halogens is 1. The largest absolute Gasteiger partial charge is 0.482 e. The van der Waals surface area contributed by atoms with Gasteiger partial charge in [0.25, 0.3) is 5.91 Å². The Balaban J connectivity index is 1.43. The van der Waals surface area contributed by atoms with E-state index in [1.165, 1.54) is 0 Å². The number of amides is 1. The van der Waals surface area contributed by atoms with Crippen LogP contribution in [0.25, 0.3) is 11.0 Å². The average Bonchev–Trinajstić information content (AvgIpc) is 3.03. The van der Waals surface area contributed by atoms with Crippen molar-refractivity contribution in [3.05, 3.63) is 53.3 Å². The van der Waals surface area contributed by atoms with Crippen LogP contribution in [0.15, 0.2) is 42.5 Å². The van der Waals surface area contributed by atoms with Gasteiger partial charge >= 0.3 is 0 Å². The molecule has 1 aliphatic heterocycles. The molecule has 7 heteroatoms. The van der Waals surface area contributed by atoms with E-state index in [4.69, 9.17) is 21.3 Å². The molecule has 0 unspecified atom stereocenters. The van der Waals surface area contributed by atoms with Crippen LogP contribution in [0.3, 0.4) is 0 Å². The van der Waals surface area contributed by atoms with Crippen LogP contribution in [0.1, 0.15) is 19.7 Å². The number of carbonyl (C=O) groups excluding carboxylic acids is 1. The molecule has 6 nitrogen and oxygen atoms in total. The number of nitrogens with zero attached hydrogens (tertiary/aromatic N) is 3. The van der Waals surface area contributed by atoms with Crippen LogP contribution in [0.5, 0.6) is 5.75 Å². The van der Waals surface area contributed by atoms with E-state index in [0.717, 1.165) is 43.0 Å². The Hall–Kier alpha value is -2.57. The number of nitrogens with one attached hydrogen (secondary N) is 1. The van der Waals surface area contributed by atoms with Crippen LogP contribution in [0, 0.1) is 5.92 Å². The van der Waals surface area contributed by atoms with Gasteiger partial charge in [0.2, 0.25) is 0 Å². The lowest BCUT2D eigenvalue weighted by atomic mass is 10.2. The van der Waals surface area contributed by atoms with Crippen LogP contribution >= 0.6 is 11.6 Å². The van der Waals surface area contributed by atoms with Crippen LogP contribution in [-0.4, -0.2) is 40.1 Å². The minimum atomic E-state index is -0.239. The number of aromatic nitrogens is 2. The molecule has 0 bridgehead atoms. The van der Waals surface area contributed by atoms with Gasteiger partial charge in [-0.15, -0.1) is 0 Å². The molecule has 0 radical (unpaired) electrons. The van der Waals surface area contributed by atoms with Crippen molar-refractivity contribution < 1.29 is 9.53 Å². The first-order valence-corrected chi connectivity index (χ1v) is 10.3. The number of imidazole rings is 1. The van der Waals surface area contributed by atoms with E-state index in [2.05, 4.69) is 28.6 Å². The van der Waals surface area contributed by atoms with Crippen molar-refractivity contribution >= 4 is 34.2 Å². The van der Waals surface area contributed by atoms with Crippen molar-refractivity contribution in [3.8, 4) is 5.75 Å². The van der Waals surface area contributed by atoms with Gasteiger partial charge < -0.3 is 14.6 Å². The number of para-hydroxylation sites is 1. The second kappa shape index (κ2) is 8.43. The monoisotopic (exact) mass is 412 g/mol. The van der Waals surface area contributed by atoms with Crippen LogP contribution in [0.4, 0.5) is 5.69 Å². The molecule has 2 aromatic carbocycles. The van der Waals surface area contributed by atoms with Gasteiger partial charge in [-0.2, -0.15) is 0 Å². The quantitative estimate of drug-likeness (QED) is 0.659. The van der Waals surface area contributed by atoms with E-state index in [1.54, 1.807) is 12.1 Å². The Labute approximate surface area is 175 Å². The summed E-state index contributed by atoms with van der Waals surface area (Å²) in [5, 5.41) is 3.36. The fraction of sp³-hybridized carbons (Fsp3) is 0.364. The summed E-state index contributed by atoms with van der Waals surface area (Å²) in [5.74, 6) is 1.97. The second-order valence-electron chi connectivity index (χ2n) is 7.78. The number of rotatable bonds is 6. The first kappa shape index (κ1) is 19.7. The molecular formula is C22H25ClN4O2. The third-order valence-corrected chi connectivity index (χ3v) is 5.25. The lowest BCUT2D eigenvalue weighted by Gasteiger charge is -2.29. The minimum absolute atomic E-state index is 0.106. The molecule has 1 amide bonds. The van der Waals surface area contributed by atoms with Crippen molar-refractivity contribution in [1.82, 2.24) is 14.5 Å². The molecule has 0 fully saturated rings. The number of anilines is 1. The number of carbonyl (C=O) groups is 1. The lowest BCUT2D eigenvalue weighted by Crippen LogP contribution is -2.36. The summed E-state index contributed by atoms with van der Waals surface area (Å²) < 4.78 is 7.77. The molecule has 0 spiro atoms. The molecule has 3 aromatic rings. The fourth-order valence-corrected chi connectivity index (χ4v) is 3.91. The fourth-order valence-electron chi connectivity index (χ4n) is 3.72. The average molecular weight is 413 g/mol. The SMILES string of the molecule is CC(C)CN1CCn2c(nc3cc(NC(=O)COc4ccccc4Cl)ccc32)C1. The topological polar surface area (TPSA) is 59.4 Å². The van der Waals surface area contributed by atoms with Crippen molar-refractivity contribution in [3.63, 3.8) is 0 Å². The number of hydrogen-bond acceptors (Lipinski definition) is 4. The molecule has 0 saturated carbocycles. The van der Waals surface area contributed by atoms with Gasteiger partial charge in [0, 0.05) is 25.3 Å². The maximum atomic E-state index is 12.3. The summed E-state index contributed by atoms with van der Waals surface area (Å²) in [5.41, 5.74) is 2.71. The zero-order valence-electron chi connectivity index (χ0n) is 16.7. The zero-order valence-corrected chi connectivity index (χ0v) is 17.4. The Morgan fingerprint density at radius 1 is 1.24 bits per heavy atom. The molecule has 1 N–H and O–H groups in total. The molecule has 29 heavy (non-hydrogen) atoms. The van der Waals surface area contributed by atoms with Gasteiger partial charge in [0.15, 0.2) is 6.61 Å². The maximum Gasteiger partial charge on any atom is 0.262 e. The number of benzene rings is 2. The predicted octanol–water partition coefficient (Wildman–Crippen LogP) is 4.18. The van der Waals surface area contributed by atoms with Crippen LogP contribution in [-0.2, 0) is 17.9 Å². The van der Waals surface area contributed by atoms with E-state index < -0.39 is 0 Å². The summed E-state index contributed by atoms with van der Waals surface area (Å²) >= 11 is 6.05. The first-order chi connectivity index (χ1) is 14.0. The van der Waals surface area contributed by atoms with E-state index in [9.17, 15) is 4.79 Å². The van der Waals surface area contributed by atoms with Crippen molar-refractivity contribution in [1.29, 1.82) is 0 Å². The van der Waals surface area contributed by atoms with Crippen molar-refractivity contribution in [2.75, 3.05) is 25.0 Å². The van der Waals surface area contributed by atoms with Gasteiger partial charge in [-0.25, -0.2) is 4.98 Å². The van der Waals surface area contributed by atoms with E-state index in [1.807, 2.05) is 30.3 Å². The first-order valence-electron chi connectivity index (χ1n) is 9.88. The third kappa shape index (κ3) is 4.54. The highest BCUT2D eigenvalue weighted by Crippen LogP contribution is 2.25. The van der Waals surface area contributed by atoms with Crippen LogP contribution < -0.4 is 10.1 Å². The second-order valence-corrected chi connectivity index (χ2v) is 8.19. The summed E-state index contributed by atoms with van der Waals surface area (Å²) in [6, 6.07) is 12.9. The number of hydrogen-bond donors (Lipinski definition) is 1.